The first kappa shape index (κ1) is 8.72. The van der Waals surface area contributed by atoms with Gasteiger partial charge in [0.1, 0.15) is 10.5 Å². The Kier molecular flexibility index (Phi) is 2.83. The maximum absolute atomic E-state index is 5.49. The summed E-state index contributed by atoms with van der Waals surface area (Å²) in [5, 5.41) is 0. The normalized spacial score (nSPS) is 39.5. The Labute approximate surface area is 77.2 Å². The van der Waals surface area contributed by atoms with Crippen molar-refractivity contribution in [3.05, 3.63) is 0 Å². The first-order valence-corrected chi connectivity index (χ1v) is 5.86. The van der Waals surface area contributed by atoms with Crippen LogP contribution in [0.4, 0.5) is 0 Å². The zero-order valence-corrected chi connectivity index (χ0v) is 9.79. The van der Waals surface area contributed by atoms with Crippen molar-refractivity contribution in [1.29, 1.82) is 0 Å². The van der Waals surface area contributed by atoms with Crippen molar-refractivity contribution in [2.24, 2.45) is 5.92 Å². The monoisotopic (exact) mass is 186 g/mol. The van der Waals surface area contributed by atoms with Crippen LogP contribution in [0.1, 0.15) is 32.1 Å². The van der Waals surface area contributed by atoms with Crippen molar-refractivity contribution >= 4 is 10.5 Å². The fourth-order valence-electron chi connectivity index (χ4n) is 2.27. The maximum atomic E-state index is 5.49. The number of epoxide rings is 1. The molecule has 2 aliphatic rings. The van der Waals surface area contributed by atoms with E-state index in [9.17, 15) is 0 Å². The Morgan fingerprint density at radius 3 is 3.00 bits per heavy atom. The van der Waals surface area contributed by atoms with Crippen LogP contribution in [0, 0.1) is 5.92 Å². The molecule has 3 heteroatoms. The summed E-state index contributed by atoms with van der Waals surface area (Å²) >= 11 is 0. The zero-order valence-electron chi connectivity index (χ0n) is 7.79. The second kappa shape index (κ2) is 3.90. The van der Waals surface area contributed by atoms with Gasteiger partial charge in [-0.3, -0.25) is 0 Å². The standard InChI is InChI=1S/C9H18O2Si/c12-10-5-1-2-7-3-4-8-9(6-7)11-8/h7-9H,1-6H2,12H3. The molecule has 0 amide bonds. The summed E-state index contributed by atoms with van der Waals surface area (Å²) in [6.45, 7) is 0.984. The molecule has 0 N–H and O–H groups in total. The molecule has 70 valence electrons. The van der Waals surface area contributed by atoms with Crippen LogP contribution in [0.25, 0.3) is 0 Å². The van der Waals surface area contributed by atoms with E-state index in [2.05, 4.69) is 0 Å². The Morgan fingerprint density at radius 2 is 2.25 bits per heavy atom. The molecule has 12 heavy (non-hydrogen) atoms. The highest BCUT2D eigenvalue weighted by atomic mass is 28.2. The molecule has 2 nitrogen and oxygen atoms in total. The molecule has 0 spiro atoms. The molecule has 1 aliphatic carbocycles. The first-order chi connectivity index (χ1) is 5.90. The summed E-state index contributed by atoms with van der Waals surface area (Å²) in [6, 6.07) is 0. The lowest BCUT2D eigenvalue weighted by molar-refractivity contribution is 0.292. The molecule has 0 aromatic carbocycles. The molecule has 1 aliphatic heterocycles. The van der Waals surface area contributed by atoms with Crippen molar-refractivity contribution in [3.63, 3.8) is 0 Å². The van der Waals surface area contributed by atoms with Gasteiger partial charge >= 0.3 is 0 Å². The van der Waals surface area contributed by atoms with Gasteiger partial charge in [0.2, 0.25) is 0 Å². The van der Waals surface area contributed by atoms with E-state index in [0.29, 0.717) is 12.2 Å². The largest absolute Gasteiger partial charge is 0.428 e. The summed E-state index contributed by atoms with van der Waals surface area (Å²) in [6.07, 6.45) is 7.96. The second-order valence-corrected chi connectivity index (χ2v) is 4.60. The fraction of sp³-hybridized carbons (Fsp3) is 1.00. The van der Waals surface area contributed by atoms with Gasteiger partial charge in [0.15, 0.2) is 0 Å². The minimum atomic E-state index is 0.653. The highest BCUT2D eigenvalue weighted by molar-refractivity contribution is 5.97. The van der Waals surface area contributed by atoms with Crippen molar-refractivity contribution < 1.29 is 9.16 Å². The van der Waals surface area contributed by atoms with Gasteiger partial charge in [0, 0.05) is 6.61 Å². The Bertz CT molecular complexity index is 151. The first-order valence-electron chi connectivity index (χ1n) is 5.04. The van der Waals surface area contributed by atoms with Crippen LogP contribution in [0.5, 0.6) is 0 Å². The minimum absolute atomic E-state index is 0.653. The average molecular weight is 186 g/mol. The van der Waals surface area contributed by atoms with E-state index in [1.807, 2.05) is 0 Å². The van der Waals surface area contributed by atoms with Gasteiger partial charge < -0.3 is 9.16 Å². The van der Waals surface area contributed by atoms with Crippen molar-refractivity contribution in [1.82, 2.24) is 0 Å². The quantitative estimate of drug-likeness (QED) is 0.365. The molecule has 1 heterocycles. The van der Waals surface area contributed by atoms with E-state index in [0.717, 1.165) is 23.0 Å². The van der Waals surface area contributed by atoms with Crippen LogP contribution < -0.4 is 0 Å². The van der Waals surface area contributed by atoms with Crippen LogP contribution >= 0.6 is 0 Å². The number of rotatable bonds is 4. The van der Waals surface area contributed by atoms with Gasteiger partial charge in [-0.2, -0.15) is 0 Å². The van der Waals surface area contributed by atoms with E-state index in [-0.39, 0.29) is 0 Å². The SMILES string of the molecule is [SiH3]OCCCC1CCC2OC2C1. The van der Waals surface area contributed by atoms with Gasteiger partial charge in [-0.1, -0.05) is 0 Å². The molecule has 2 rings (SSSR count). The third kappa shape index (κ3) is 2.09. The third-order valence-electron chi connectivity index (χ3n) is 3.07. The molecule has 2 fully saturated rings. The molecule has 1 saturated heterocycles. The topological polar surface area (TPSA) is 21.8 Å². The maximum Gasteiger partial charge on any atom is 0.145 e. The summed E-state index contributed by atoms with van der Waals surface area (Å²) in [4.78, 5) is 0. The van der Waals surface area contributed by atoms with Gasteiger partial charge in [0.25, 0.3) is 0 Å². The van der Waals surface area contributed by atoms with Crippen LogP contribution in [0.3, 0.4) is 0 Å². The number of hydrogen-bond acceptors (Lipinski definition) is 2. The number of fused-ring (bicyclic) bond motifs is 1. The van der Waals surface area contributed by atoms with Crippen LogP contribution in [-0.4, -0.2) is 29.3 Å². The number of ether oxygens (including phenoxy) is 1. The summed E-state index contributed by atoms with van der Waals surface area (Å²) < 4.78 is 10.7. The third-order valence-corrected chi connectivity index (χ3v) is 3.48. The molecule has 0 aromatic heterocycles. The lowest BCUT2D eigenvalue weighted by Gasteiger charge is -2.18. The average Bonchev–Trinajstić information content (AvgIpc) is 2.83. The molecule has 3 unspecified atom stereocenters. The van der Waals surface area contributed by atoms with Gasteiger partial charge in [0.05, 0.1) is 12.2 Å². The van der Waals surface area contributed by atoms with Gasteiger partial charge in [-0.25, -0.2) is 0 Å². The lowest BCUT2D eigenvalue weighted by atomic mass is 9.86. The number of hydrogen-bond donors (Lipinski definition) is 0. The van der Waals surface area contributed by atoms with Crippen molar-refractivity contribution in [2.75, 3.05) is 6.61 Å². The van der Waals surface area contributed by atoms with E-state index < -0.39 is 0 Å². The van der Waals surface area contributed by atoms with E-state index in [4.69, 9.17) is 9.16 Å². The Morgan fingerprint density at radius 1 is 1.33 bits per heavy atom. The molecular weight excluding hydrogens is 168 g/mol. The van der Waals surface area contributed by atoms with Crippen LogP contribution in [0.2, 0.25) is 0 Å². The molecule has 0 radical (unpaired) electrons. The Hall–Kier alpha value is 0.137. The summed E-state index contributed by atoms with van der Waals surface area (Å²) in [5.74, 6) is 0.936. The second-order valence-electron chi connectivity index (χ2n) is 4.03. The predicted octanol–water partition coefficient (Wildman–Crippen LogP) is 0.631. The Balaban J connectivity index is 1.61. The molecule has 0 aromatic rings. The molecule has 3 atom stereocenters. The zero-order chi connectivity index (χ0) is 8.39. The van der Waals surface area contributed by atoms with Crippen LogP contribution in [-0.2, 0) is 9.16 Å². The summed E-state index contributed by atoms with van der Waals surface area (Å²) in [7, 11) is 0.896. The lowest BCUT2D eigenvalue weighted by Crippen LogP contribution is -2.13. The van der Waals surface area contributed by atoms with Crippen LogP contribution in [0.15, 0.2) is 0 Å². The minimum Gasteiger partial charge on any atom is -0.428 e. The predicted molar refractivity (Wildman–Crippen MR) is 51.1 cm³/mol. The van der Waals surface area contributed by atoms with Crippen molar-refractivity contribution in [3.8, 4) is 0 Å². The van der Waals surface area contributed by atoms with Gasteiger partial charge in [-0.15, -0.1) is 0 Å². The molecule has 1 saturated carbocycles. The van der Waals surface area contributed by atoms with E-state index >= 15 is 0 Å². The molecular formula is C9H18O2Si. The van der Waals surface area contributed by atoms with E-state index in [1.54, 1.807) is 0 Å². The highest BCUT2D eigenvalue weighted by Crippen LogP contribution is 2.40. The molecule has 0 bridgehead atoms. The summed E-state index contributed by atoms with van der Waals surface area (Å²) in [5.41, 5.74) is 0. The fourth-order valence-corrected chi connectivity index (χ4v) is 2.55. The van der Waals surface area contributed by atoms with Gasteiger partial charge in [-0.05, 0) is 38.0 Å². The smallest absolute Gasteiger partial charge is 0.145 e. The van der Waals surface area contributed by atoms with E-state index in [1.165, 1.54) is 32.1 Å². The van der Waals surface area contributed by atoms with Crippen molar-refractivity contribution in [2.45, 2.75) is 44.3 Å². The highest BCUT2D eigenvalue weighted by Gasteiger charge is 2.43.